The van der Waals surface area contributed by atoms with Crippen LogP contribution in [-0.2, 0) is 20.9 Å². The number of benzene rings is 1. The molecule has 0 unspecified atom stereocenters. The Morgan fingerprint density at radius 1 is 1.23 bits per heavy atom. The van der Waals surface area contributed by atoms with Gasteiger partial charge >= 0.3 is 5.97 Å². The monoisotopic (exact) mass is 398 g/mol. The first-order valence-electron chi connectivity index (χ1n) is 7.58. The molecule has 0 aliphatic rings. The zero-order valence-corrected chi connectivity index (χ0v) is 15.3. The smallest absolute Gasteiger partial charge is 0.328 e. The van der Waals surface area contributed by atoms with Crippen LogP contribution >= 0.6 is 23.2 Å². The van der Waals surface area contributed by atoms with E-state index in [0.29, 0.717) is 15.6 Å². The lowest BCUT2D eigenvalue weighted by Crippen LogP contribution is -2.40. The van der Waals surface area contributed by atoms with Crippen molar-refractivity contribution in [2.24, 2.45) is 0 Å². The van der Waals surface area contributed by atoms with Crippen LogP contribution in [0.5, 0.6) is 0 Å². The average Bonchev–Trinajstić information content (AvgIpc) is 3.13. The number of halogens is 2. The first-order chi connectivity index (χ1) is 12.4. The van der Waals surface area contributed by atoms with E-state index in [1.54, 1.807) is 24.3 Å². The lowest BCUT2D eigenvalue weighted by atomic mass is 10.2. The van der Waals surface area contributed by atoms with Crippen LogP contribution in [0, 0.1) is 0 Å². The molecule has 1 atom stereocenters. The van der Waals surface area contributed by atoms with Gasteiger partial charge in [-0.25, -0.2) is 4.79 Å². The van der Waals surface area contributed by atoms with Gasteiger partial charge in [0.2, 0.25) is 0 Å². The summed E-state index contributed by atoms with van der Waals surface area (Å²) in [6, 6.07) is 6.97. The lowest BCUT2D eigenvalue weighted by molar-refractivity contribution is -0.150. The minimum absolute atomic E-state index is 0.0715. The third-order valence-corrected chi connectivity index (χ3v) is 3.87. The molecular formula is C17H16Cl2N2O5. The van der Waals surface area contributed by atoms with E-state index in [1.165, 1.54) is 19.3 Å². The third kappa shape index (κ3) is 5.79. The van der Waals surface area contributed by atoms with E-state index in [9.17, 15) is 14.4 Å². The number of esters is 1. The normalized spacial score (nSPS) is 11.5. The van der Waals surface area contributed by atoms with Crippen molar-refractivity contribution in [3.05, 3.63) is 58.0 Å². The zero-order chi connectivity index (χ0) is 19.1. The van der Waals surface area contributed by atoms with Crippen LogP contribution in [0.25, 0.3) is 0 Å². The van der Waals surface area contributed by atoms with E-state index in [-0.39, 0.29) is 12.3 Å². The highest BCUT2D eigenvalue weighted by molar-refractivity contribution is 6.35. The van der Waals surface area contributed by atoms with Crippen LogP contribution < -0.4 is 10.6 Å². The summed E-state index contributed by atoms with van der Waals surface area (Å²) in [6.45, 7) is 1.12. The Labute approximate surface area is 159 Å². The SMILES string of the molecule is C[C@H](NC(=O)c1ccco1)C(=O)OCC(=O)NCc1ccc(Cl)cc1Cl. The Morgan fingerprint density at radius 3 is 2.65 bits per heavy atom. The van der Waals surface area contributed by atoms with Gasteiger partial charge in [-0.1, -0.05) is 29.3 Å². The molecule has 0 radical (unpaired) electrons. The topological polar surface area (TPSA) is 97.6 Å². The number of nitrogens with one attached hydrogen (secondary N) is 2. The molecule has 0 aliphatic carbocycles. The van der Waals surface area contributed by atoms with Gasteiger partial charge < -0.3 is 19.8 Å². The quantitative estimate of drug-likeness (QED) is 0.698. The Bertz CT molecular complexity index is 792. The van der Waals surface area contributed by atoms with Crippen molar-refractivity contribution in [2.45, 2.75) is 19.5 Å². The summed E-state index contributed by atoms with van der Waals surface area (Å²) in [5.41, 5.74) is 0.676. The Hall–Kier alpha value is -2.51. The third-order valence-electron chi connectivity index (χ3n) is 3.28. The molecule has 1 aromatic carbocycles. The molecule has 0 fully saturated rings. The number of carbonyl (C=O) groups excluding carboxylic acids is 3. The second-order valence-corrected chi connectivity index (χ2v) is 6.14. The molecular weight excluding hydrogens is 383 g/mol. The molecule has 7 nitrogen and oxygen atoms in total. The van der Waals surface area contributed by atoms with Crippen LogP contribution in [0.3, 0.4) is 0 Å². The van der Waals surface area contributed by atoms with Gasteiger partial charge in [-0.2, -0.15) is 0 Å². The average molecular weight is 399 g/mol. The minimum Gasteiger partial charge on any atom is -0.459 e. The highest BCUT2D eigenvalue weighted by Crippen LogP contribution is 2.20. The second kappa shape index (κ2) is 9.26. The van der Waals surface area contributed by atoms with Crippen LogP contribution in [0.15, 0.2) is 41.0 Å². The highest BCUT2D eigenvalue weighted by Gasteiger charge is 2.20. The number of amides is 2. The van der Waals surface area contributed by atoms with Gasteiger partial charge in [0.05, 0.1) is 6.26 Å². The number of carbonyl (C=O) groups is 3. The second-order valence-electron chi connectivity index (χ2n) is 5.29. The largest absolute Gasteiger partial charge is 0.459 e. The van der Waals surface area contributed by atoms with Crippen LogP contribution in [0.4, 0.5) is 0 Å². The Morgan fingerprint density at radius 2 is 2.00 bits per heavy atom. The van der Waals surface area contributed by atoms with Gasteiger partial charge in [0.25, 0.3) is 11.8 Å². The molecule has 0 aliphatic heterocycles. The maximum Gasteiger partial charge on any atom is 0.328 e. The first-order valence-corrected chi connectivity index (χ1v) is 8.34. The van der Waals surface area contributed by atoms with Crippen molar-refractivity contribution in [2.75, 3.05) is 6.61 Å². The zero-order valence-electron chi connectivity index (χ0n) is 13.8. The maximum absolute atomic E-state index is 11.8. The Balaban J connectivity index is 1.73. The summed E-state index contributed by atoms with van der Waals surface area (Å²) < 4.78 is 9.79. The fourth-order valence-electron chi connectivity index (χ4n) is 1.91. The summed E-state index contributed by atoms with van der Waals surface area (Å²) in [5, 5.41) is 5.89. The maximum atomic E-state index is 11.8. The van der Waals surface area contributed by atoms with Gasteiger partial charge in [0.1, 0.15) is 6.04 Å². The number of furan rings is 1. The molecule has 1 aromatic heterocycles. The summed E-state index contributed by atoms with van der Waals surface area (Å²) >= 11 is 11.8. The first kappa shape index (κ1) is 19.8. The molecule has 2 aromatic rings. The standard InChI is InChI=1S/C17H16Cl2N2O5/c1-10(21-16(23)14-3-2-6-25-14)17(24)26-9-15(22)20-8-11-4-5-12(18)7-13(11)19/h2-7,10H,8-9H2,1H3,(H,20,22)(H,21,23)/t10-/m0/s1. The Kier molecular flexibility index (Phi) is 7.06. The van der Waals surface area contributed by atoms with Crippen LogP contribution in [0.2, 0.25) is 10.0 Å². The molecule has 0 spiro atoms. The molecule has 26 heavy (non-hydrogen) atoms. The summed E-state index contributed by atoms with van der Waals surface area (Å²) in [7, 11) is 0. The molecule has 2 N–H and O–H groups in total. The highest BCUT2D eigenvalue weighted by atomic mass is 35.5. The molecule has 1 heterocycles. The van der Waals surface area contributed by atoms with Gasteiger partial charge in [-0.3, -0.25) is 9.59 Å². The number of rotatable bonds is 7. The van der Waals surface area contributed by atoms with Crippen molar-refractivity contribution in [3.63, 3.8) is 0 Å². The fraction of sp³-hybridized carbons (Fsp3) is 0.235. The van der Waals surface area contributed by atoms with Crippen molar-refractivity contribution in [3.8, 4) is 0 Å². The molecule has 0 bridgehead atoms. The van der Waals surface area contributed by atoms with Gasteiger partial charge in [-0.05, 0) is 36.8 Å². The summed E-state index contributed by atoms with van der Waals surface area (Å²) in [5.74, 6) is -1.73. The lowest BCUT2D eigenvalue weighted by Gasteiger charge is -2.13. The summed E-state index contributed by atoms with van der Waals surface area (Å²) in [4.78, 5) is 35.4. The van der Waals surface area contributed by atoms with Gasteiger partial charge in [0.15, 0.2) is 12.4 Å². The van der Waals surface area contributed by atoms with E-state index in [1.807, 2.05) is 0 Å². The molecule has 0 saturated carbocycles. The fourth-order valence-corrected chi connectivity index (χ4v) is 2.38. The van der Waals surface area contributed by atoms with E-state index < -0.39 is 30.4 Å². The van der Waals surface area contributed by atoms with E-state index in [4.69, 9.17) is 32.4 Å². The van der Waals surface area contributed by atoms with Crippen molar-refractivity contribution < 1.29 is 23.5 Å². The van der Waals surface area contributed by atoms with E-state index >= 15 is 0 Å². The van der Waals surface area contributed by atoms with Crippen LogP contribution in [-0.4, -0.2) is 30.4 Å². The molecule has 0 saturated heterocycles. The summed E-state index contributed by atoms with van der Waals surface area (Å²) in [6.07, 6.45) is 1.34. The molecule has 138 valence electrons. The number of hydrogen-bond acceptors (Lipinski definition) is 5. The number of ether oxygens (including phenoxy) is 1. The predicted molar refractivity (Wildman–Crippen MR) is 94.9 cm³/mol. The molecule has 2 rings (SSSR count). The van der Waals surface area contributed by atoms with Gasteiger partial charge in [0, 0.05) is 16.6 Å². The van der Waals surface area contributed by atoms with Crippen molar-refractivity contribution in [1.82, 2.24) is 10.6 Å². The number of hydrogen-bond donors (Lipinski definition) is 2. The molecule has 9 heteroatoms. The van der Waals surface area contributed by atoms with E-state index in [2.05, 4.69) is 10.6 Å². The van der Waals surface area contributed by atoms with Gasteiger partial charge in [-0.15, -0.1) is 0 Å². The molecule has 2 amide bonds. The predicted octanol–water partition coefficient (Wildman–Crippen LogP) is 2.56. The van der Waals surface area contributed by atoms with Crippen LogP contribution in [0.1, 0.15) is 23.0 Å². The van der Waals surface area contributed by atoms with E-state index in [0.717, 1.165) is 0 Å². The minimum atomic E-state index is -0.939. The van der Waals surface area contributed by atoms with Crippen molar-refractivity contribution >= 4 is 41.0 Å². The van der Waals surface area contributed by atoms with Crippen molar-refractivity contribution in [1.29, 1.82) is 0 Å².